The van der Waals surface area contributed by atoms with Gasteiger partial charge in [-0.15, -0.1) is 10.2 Å². The third-order valence-electron chi connectivity index (χ3n) is 6.35. The monoisotopic (exact) mass is 526 g/mol. The largest absolute Gasteiger partial charge is 0.334 e. The number of hydrogen-bond acceptors (Lipinski definition) is 6. The van der Waals surface area contributed by atoms with E-state index in [1.165, 1.54) is 28.2 Å². The van der Waals surface area contributed by atoms with E-state index in [9.17, 15) is 18.8 Å². The molecule has 2 aromatic heterocycles. The van der Waals surface area contributed by atoms with Gasteiger partial charge in [-0.1, -0.05) is 54.5 Å². The third-order valence-corrected chi connectivity index (χ3v) is 7.25. The number of urea groups is 1. The number of aromatic nitrogens is 3. The summed E-state index contributed by atoms with van der Waals surface area (Å²) in [7, 11) is 0. The molecule has 3 N–H and O–H groups in total. The summed E-state index contributed by atoms with van der Waals surface area (Å²) in [6, 6.07) is 10.7. The summed E-state index contributed by atoms with van der Waals surface area (Å²) >= 11 is 1.29. The molecule has 0 bridgehead atoms. The number of hydrogen-bond donors (Lipinski definition) is 3. The smallest absolute Gasteiger partial charge is 0.321 e. The zero-order chi connectivity index (χ0) is 26.0. The highest BCUT2D eigenvalue weighted by molar-refractivity contribution is 7.15. The standard InChI is InChI=1S/C26H31FN6O3S/c27-23-20(29-21(34)16-18-8-4-5-9-18)13-15-33(24(23)35)14-7-6-12-22-31-32-26(37-22)30-25(36)28-17-19-10-2-1-3-11-19/h1-3,10-11,13,15,18H,4-9,12,14,16-17H2,(H,29,34)(H2,28,30,32,36). The van der Waals surface area contributed by atoms with Crippen LogP contribution in [-0.2, 0) is 24.3 Å². The van der Waals surface area contributed by atoms with Crippen LogP contribution >= 0.6 is 11.3 Å². The van der Waals surface area contributed by atoms with Gasteiger partial charge in [0.1, 0.15) is 5.01 Å². The summed E-state index contributed by atoms with van der Waals surface area (Å²) in [4.78, 5) is 36.7. The summed E-state index contributed by atoms with van der Waals surface area (Å²) in [5.74, 6) is -0.838. The van der Waals surface area contributed by atoms with E-state index in [4.69, 9.17) is 0 Å². The molecule has 9 nitrogen and oxygen atoms in total. The molecule has 2 heterocycles. The predicted octanol–water partition coefficient (Wildman–Crippen LogP) is 4.70. The van der Waals surface area contributed by atoms with Gasteiger partial charge in [0.05, 0.1) is 5.69 Å². The van der Waals surface area contributed by atoms with Crippen LogP contribution in [0.25, 0.3) is 0 Å². The molecule has 3 amide bonds. The summed E-state index contributed by atoms with van der Waals surface area (Å²) in [6.07, 6.45) is 8.15. The van der Waals surface area contributed by atoms with Crippen molar-refractivity contribution in [1.29, 1.82) is 0 Å². The fourth-order valence-electron chi connectivity index (χ4n) is 4.38. The van der Waals surface area contributed by atoms with E-state index in [-0.39, 0.29) is 17.6 Å². The van der Waals surface area contributed by atoms with Crippen LogP contribution in [0.5, 0.6) is 0 Å². The van der Waals surface area contributed by atoms with Crippen molar-refractivity contribution in [1.82, 2.24) is 20.1 Å². The van der Waals surface area contributed by atoms with Crippen LogP contribution in [0, 0.1) is 11.7 Å². The van der Waals surface area contributed by atoms with Crippen LogP contribution in [0.3, 0.4) is 0 Å². The van der Waals surface area contributed by atoms with E-state index >= 15 is 0 Å². The molecule has 1 aliphatic carbocycles. The van der Waals surface area contributed by atoms with Gasteiger partial charge >= 0.3 is 6.03 Å². The van der Waals surface area contributed by atoms with Crippen LogP contribution < -0.4 is 21.5 Å². The lowest BCUT2D eigenvalue weighted by Gasteiger charge is -2.11. The minimum Gasteiger partial charge on any atom is -0.334 e. The lowest BCUT2D eigenvalue weighted by molar-refractivity contribution is -0.117. The van der Waals surface area contributed by atoms with E-state index in [1.54, 1.807) is 0 Å². The Morgan fingerprint density at radius 3 is 2.62 bits per heavy atom. The second-order valence-corrected chi connectivity index (χ2v) is 10.3. The Labute approximate surface area is 218 Å². The molecule has 1 aromatic carbocycles. The minimum absolute atomic E-state index is 0.0639. The molecule has 0 aliphatic heterocycles. The van der Waals surface area contributed by atoms with E-state index in [0.717, 1.165) is 36.3 Å². The maximum Gasteiger partial charge on any atom is 0.321 e. The Bertz CT molecular complexity index is 1260. The second kappa shape index (κ2) is 13.1. The number of aryl methyl sites for hydroxylation is 2. The van der Waals surface area contributed by atoms with Crippen molar-refractivity contribution in [2.75, 3.05) is 10.6 Å². The number of rotatable bonds is 11. The van der Waals surface area contributed by atoms with Crippen LogP contribution in [0.4, 0.5) is 20.0 Å². The first-order valence-electron chi connectivity index (χ1n) is 12.6. The summed E-state index contributed by atoms with van der Waals surface area (Å²) in [6.45, 7) is 0.754. The average Bonchev–Trinajstić information content (AvgIpc) is 3.57. The fourth-order valence-corrected chi connectivity index (χ4v) is 5.16. The van der Waals surface area contributed by atoms with Crippen LogP contribution in [0.1, 0.15) is 55.5 Å². The molecule has 11 heteroatoms. The number of amides is 3. The zero-order valence-electron chi connectivity index (χ0n) is 20.5. The number of benzene rings is 1. The van der Waals surface area contributed by atoms with Crippen molar-refractivity contribution in [3.63, 3.8) is 0 Å². The molecule has 3 aromatic rings. The van der Waals surface area contributed by atoms with Gasteiger partial charge in [-0.3, -0.25) is 14.9 Å². The molecule has 0 radical (unpaired) electrons. The molecule has 0 unspecified atom stereocenters. The number of nitrogens with zero attached hydrogens (tertiary/aromatic N) is 3. The van der Waals surface area contributed by atoms with Gasteiger partial charge in [0.2, 0.25) is 16.9 Å². The van der Waals surface area contributed by atoms with Gasteiger partial charge in [-0.2, -0.15) is 4.39 Å². The van der Waals surface area contributed by atoms with Crippen molar-refractivity contribution >= 4 is 34.1 Å². The molecule has 1 fully saturated rings. The van der Waals surface area contributed by atoms with Crippen molar-refractivity contribution < 1.29 is 14.0 Å². The van der Waals surface area contributed by atoms with Gasteiger partial charge in [0, 0.05) is 32.1 Å². The Kier molecular flexibility index (Phi) is 9.36. The number of halogens is 1. The molecule has 1 saturated carbocycles. The van der Waals surface area contributed by atoms with E-state index < -0.39 is 11.4 Å². The predicted molar refractivity (Wildman–Crippen MR) is 141 cm³/mol. The molecule has 4 rings (SSSR count). The maximum atomic E-state index is 14.6. The fraction of sp³-hybridized carbons (Fsp3) is 0.423. The first-order chi connectivity index (χ1) is 18.0. The Hall–Kier alpha value is -3.60. The maximum absolute atomic E-state index is 14.6. The van der Waals surface area contributed by atoms with Crippen LogP contribution in [0.15, 0.2) is 47.4 Å². The highest BCUT2D eigenvalue weighted by Gasteiger charge is 2.20. The van der Waals surface area contributed by atoms with Gasteiger partial charge in [0.25, 0.3) is 5.56 Å². The first kappa shape index (κ1) is 26.5. The molecule has 196 valence electrons. The highest BCUT2D eigenvalue weighted by Crippen LogP contribution is 2.28. The summed E-state index contributed by atoms with van der Waals surface area (Å²) < 4.78 is 15.9. The SMILES string of the molecule is O=C(CC1CCCC1)Nc1ccn(CCCCc2nnc(NC(=O)NCc3ccccc3)s2)c(=O)c1F. The molecule has 37 heavy (non-hydrogen) atoms. The van der Waals surface area contributed by atoms with Gasteiger partial charge in [-0.25, -0.2) is 4.79 Å². The van der Waals surface area contributed by atoms with E-state index in [1.807, 2.05) is 30.3 Å². The quantitative estimate of drug-likeness (QED) is 0.313. The third kappa shape index (κ3) is 7.94. The molecule has 0 saturated heterocycles. The van der Waals surface area contributed by atoms with Crippen molar-refractivity contribution in [2.45, 2.75) is 64.5 Å². The Morgan fingerprint density at radius 2 is 1.84 bits per heavy atom. The van der Waals surface area contributed by atoms with Crippen molar-refractivity contribution in [3.8, 4) is 0 Å². The summed E-state index contributed by atoms with van der Waals surface area (Å²) in [5, 5.41) is 17.3. The summed E-state index contributed by atoms with van der Waals surface area (Å²) in [5.41, 5.74) is 0.182. The molecule has 1 aliphatic rings. The lowest BCUT2D eigenvalue weighted by Crippen LogP contribution is -2.28. The number of carbonyl (C=O) groups excluding carboxylic acids is 2. The van der Waals surface area contributed by atoms with Gasteiger partial charge < -0.3 is 15.2 Å². The molecular formula is C26H31FN6O3S. The highest BCUT2D eigenvalue weighted by atomic mass is 32.1. The minimum atomic E-state index is -0.937. The molecular weight excluding hydrogens is 495 g/mol. The second-order valence-electron chi connectivity index (χ2n) is 9.20. The van der Waals surface area contributed by atoms with E-state index in [0.29, 0.717) is 49.8 Å². The molecule has 0 atom stereocenters. The van der Waals surface area contributed by atoms with E-state index in [2.05, 4.69) is 26.1 Å². The first-order valence-corrected chi connectivity index (χ1v) is 13.4. The Morgan fingerprint density at radius 1 is 1.05 bits per heavy atom. The average molecular weight is 527 g/mol. The van der Waals surface area contributed by atoms with Crippen molar-refractivity contribution in [2.24, 2.45) is 5.92 Å². The number of carbonyl (C=O) groups is 2. The number of unbranched alkanes of at least 4 members (excludes halogenated alkanes) is 1. The number of nitrogens with one attached hydrogen (secondary N) is 3. The topological polar surface area (TPSA) is 118 Å². The van der Waals surface area contributed by atoms with Crippen LogP contribution in [-0.4, -0.2) is 26.7 Å². The number of pyridine rings is 1. The van der Waals surface area contributed by atoms with Gasteiger partial charge in [-0.05, 0) is 43.2 Å². The normalized spacial score (nSPS) is 13.4. The van der Waals surface area contributed by atoms with Crippen molar-refractivity contribution in [3.05, 3.63) is 69.3 Å². The number of anilines is 2. The lowest BCUT2D eigenvalue weighted by atomic mass is 10.0. The van der Waals surface area contributed by atoms with Gasteiger partial charge in [0.15, 0.2) is 0 Å². The molecule has 0 spiro atoms. The Balaban J connectivity index is 1.18. The zero-order valence-corrected chi connectivity index (χ0v) is 21.4. The van der Waals surface area contributed by atoms with Crippen LogP contribution in [0.2, 0.25) is 0 Å².